The maximum absolute atomic E-state index is 13.8. The molecule has 0 aromatic heterocycles. The molecule has 0 radical (unpaired) electrons. The first-order valence-electron chi connectivity index (χ1n) is 10.7. The van der Waals surface area contributed by atoms with Crippen LogP contribution in [0.4, 0.5) is 13.2 Å². The largest absolute Gasteiger partial charge is 0.399 e. The number of alkyl halides is 3. The summed E-state index contributed by atoms with van der Waals surface area (Å²) in [6, 6.07) is 14.1. The van der Waals surface area contributed by atoms with Gasteiger partial charge in [-0.2, -0.15) is 13.2 Å². The van der Waals surface area contributed by atoms with Gasteiger partial charge in [0.25, 0.3) is 11.8 Å². The van der Waals surface area contributed by atoms with Gasteiger partial charge in [-0.1, -0.05) is 65.7 Å². The van der Waals surface area contributed by atoms with Crippen LogP contribution in [0.15, 0.2) is 60.7 Å². The highest BCUT2D eigenvalue weighted by atomic mass is 35.5. The van der Waals surface area contributed by atoms with Crippen LogP contribution < -0.4 is 0 Å². The summed E-state index contributed by atoms with van der Waals surface area (Å²) in [6.07, 6.45) is -2.11. The average Bonchev–Trinajstić information content (AvgIpc) is 3.03. The third-order valence-corrected chi connectivity index (χ3v) is 6.85. The zero-order valence-electron chi connectivity index (χ0n) is 18.8. The molecule has 0 aliphatic carbocycles. The SMILES string of the molecule is Cc1cc(C(/C=C/c2ccc(CN3C(=O)c4ccccc4C3=O)c(Cl)c2)C(F)(F)F)cc(Cl)c1C. The lowest BCUT2D eigenvalue weighted by atomic mass is 9.94. The molecule has 180 valence electrons. The summed E-state index contributed by atoms with van der Waals surface area (Å²) in [5, 5.41) is 0.518. The maximum Gasteiger partial charge on any atom is 0.399 e. The van der Waals surface area contributed by atoms with Crippen molar-refractivity contribution < 1.29 is 22.8 Å². The van der Waals surface area contributed by atoms with Crippen molar-refractivity contribution in [3.63, 3.8) is 0 Å². The van der Waals surface area contributed by atoms with Gasteiger partial charge in [0.1, 0.15) is 0 Å². The van der Waals surface area contributed by atoms with Crippen LogP contribution in [-0.4, -0.2) is 22.9 Å². The Kier molecular flexibility index (Phi) is 6.80. The third-order valence-electron chi connectivity index (χ3n) is 6.10. The third kappa shape index (κ3) is 5.00. The molecule has 35 heavy (non-hydrogen) atoms. The van der Waals surface area contributed by atoms with E-state index in [1.54, 1.807) is 50.2 Å². The predicted octanol–water partition coefficient (Wildman–Crippen LogP) is 7.77. The molecule has 3 aromatic rings. The second-order valence-electron chi connectivity index (χ2n) is 8.42. The molecule has 3 aromatic carbocycles. The number of nitrogens with zero attached hydrogens (tertiary/aromatic N) is 1. The number of rotatable bonds is 5. The van der Waals surface area contributed by atoms with E-state index in [9.17, 15) is 22.8 Å². The van der Waals surface area contributed by atoms with Gasteiger partial charge in [-0.25, -0.2) is 0 Å². The zero-order valence-corrected chi connectivity index (χ0v) is 20.3. The van der Waals surface area contributed by atoms with Crippen molar-refractivity contribution in [2.75, 3.05) is 0 Å². The lowest BCUT2D eigenvalue weighted by molar-refractivity contribution is -0.139. The Morgan fingerprint density at radius 1 is 0.914 bits per heavy atom. The Balaban J connectivity index is 1.57. The van der Waals surface area contributed by atoms with E-state index in [2.05, 4.69) is 0 Å². The van der Waals surface area contributed by atoms with Crippen molar-refractivity contribution in [1.29, 1.82) is 0 Å². The van der Waals surface area contributed by atoms with E-state index < -0.39 is 23.9 Å². The van der Waals surface area contributed by atoms with E-state index in [-0.39, 0.29) is 22.2 Å². The molecule has 2 amide bonds. The van der Waals surface area contributed by atoms with Crippen LogP contribution in [0.3, 0.4) is 0 Å². The summed E-state index contributed by atoms with van der Waals surface area (Å²) in [5.41, 5.74) is 3.08. The molecule has 0 saturated heterocycles. The van der Waals surface area contributed by atoms with Crippen molar-refractivity contribution in [2.24, 2.45) is 0 Å². The average molecular weight is 518 g/mol. The number of imide groups is 1. The van der Waals surface area contributed by atoms with Crippen LogP contribution in [-0.2, 0) is 6.54 Å². The van der Waals surface area contributed by atoms with Crippen LogP contribution >= 0.6 is 23.2 Å². The Labute approximate surface area is 210 Å². The minimum atomic E-state index is -4.52. The van der Waals surface area contributed by atoms with Gasteiger partial charge in [-0.3, -0.25) is 14.5 Å². The summed E-state index contributed by atoms with van der Waals surface area (Å²) in [7, 11) is 0. The first kappa shape index (κ1) is 25.0. The summed E-state index contributed by atoms with van der Waals surface area (Å²) < 4.78 is 41.5. The van der Waals surface area contributed by atoms with Gasteiger partial charge < -0.3 is 0 Å². The molecule has 3 nitrogen and oxygen atoms in total. The van der Waals surface area contributed by atoms with Crippen LogP contribution in [0.1, 0.15) is 54.5 Å². The molecule has 4 rings (SSSR count). The van der Waals surface area contributed by atoms with Gasteiger partial charge >= 0.3 is 6.18 Å². The number of hydrogen-bond acceptors (Lipinski definition) is 2. The summed E-state index contributed by atoms with van der Waals surface area (Å²) in [6.45, 7) is 3.43. The number of carbonyl (C=O) groups is 2. The van der Waals surface area contributed by atoms with E-state index in [4.69, 9.17) is 23.2 Å². The Hall–Kier alpha value is -3.09. The minimum absolute atomic E-state index is 0.0402. The van der Waals surface area contributed by atoms with Crippen molar-refractivity contribution in [2.45, 2.75) is 32.5 Å². The second kappa shape index (κ2) is 9.51. The topological polar surface area (TPSA) is 37.4 Å². The van der Waals surface area contributed by atoms with Crippen LogP contribution in [0.25, 0.3) is 6.08 Å². The maximum atomic E-state index is 13.8. The number of fused-ring (bicyclic) bond motifs is 1. The molecular formula is C27H20Cl2F3NO2. The number of amides is 2. The quantitative estimate of drug-likeness (QED) is 0.324. The molecular weight excluding hydrogens is 498 g/mol. The molecule has 0 saturated carbocycles. The molecule has 8 heteroatoms. The summed E-state index contributed by atoms with van der Waals surface area (Å²) in [4.78, 5) is 26.3. The number of hydrogen-bond donors (Lipinski definition) is 0. The Morgan fingerprint density at radius 3 is 2.09 bits per heavy atom. The Bertz CT molecular complexity index is 1310. The van der Waals surface area contributed by atoms with Crippen LogP contribution in [0, 0.1) is 13.8 Å². The van der Waals surface area contributed by atoms with Gasteiger partial charge in [0, 0.05) is 10.0 Å². The Morgan fingerprint density at radius 2 is 1.54 bits per heavy atom. The van der Waals surface area contributed by atoms with E-state index in [1.807, 2.05) is 0 Å². The fourth-order valence-corrected chi connectivity index (χ4v) is 4.51. The van der Waals surface area contributed by atoms with Gasteiger partial charge in [-0.05, 0) is 65.9 Å². The van der Waals surface area contributed by atoms with Crippen molar-refractivity contribution in [3.8, 4) is 0 Å². The number of benzene rings is 3. The van der Waals surface area contributed by atoms with Crippen molar-refractivity contribution in [3.05, 3.63) is 110 Å². The van der Waals surface area contributed by atoms with Crippen LogP contribution in [0.2, 0.25) is 10.0 Å². The van der Waals surface area contributed by atoms with Gasteiger partial charge in [0.05, 0.1) is 23.6 Å². The van der Waals surface area contributed by atoms with Gasteiger partial charge in [0.2, 0.25) is 0 Å². The van der Waals surface area contributed by atoms with Crippen molar-refractivity contribution >= 4 is 41.1 Å². The van der Waals surface area contributed by atoms with Gasteiger partial charge in [0.15, 0.2) is 0 Å². The highest BCUT2D eigenvalue weighted by molar-refractivity contribution is 6.32. The smallest absolute Gasteiger partial charge is 0.270 e. The minimum Gasteiger partial charge on any atom is -0.270 e. The van der Waals surface area contributed by atoms with Crippen LogP contribution in [0.5, 0.6) is 0 Å². The highest BCUT2D eigenvalue weighted by Gasteiger charge is 2.39. The van der Waals surface area contributed by atoms with E-state index in [1.165, 1.54) is 24.3 Å². The monoisotopic (exact) mass is 517 g/mol. The molecule has 0 spiro atoms. The highest BCUT2D eigenvalue weighted by Crippen LogP contribution is 2.39. The molecule has 1 unspecified atom stereocenters. The molecule has 1 aliphatic rings. The standard InChI is InChI=1S/C27H20Cl2F3NO2/c1-15-11-19(13-23(28)16(15)2)22(27(30,31)32)10-8-17-7-9-18(24(29)12-17)14-33-25(34)20-5-3-4-6-21(20)26(33)35/h3-13,22H,14H2,1-2H3/b10-8+. The molecule has 0 fully saturated rings. The summed E-state index contributed by atoms with van der Waals surface area (Å²) in [5.74, 6) is -2.67. The second-order valence-corrected chi connectivity index (χ2v) is 9.23. The fourth-order valence-electron chi connectivity index (χ4n) is 3.99. The lowest BCUT2D eigenvalue weighted by Crippen LogP contribution is -2.29. The molecule has 1 atom stereocenters. The molecule has 1 heterocycles. The first-order chi connectivity index (χ1) is 16.5. The number of halogens is 5. The lowest BCUT2D eigenvalue weighted by Gasteiger charge is -2.19. The molecule has 1 aliphatic heterocycles. The normalized spacial score (nSPS) is 14.7. The van der Waals surface area contributed by atoms with E-state index >= 15 is 0 Å². The van der Waals surface area contributed by atoms with E-state index in [0.29, 0.717) is 27.8 Å². The number of carbonyl (C=O) groups excluding carboxylic acids is 2. The zero-order chi connectivity index (χ0) is 25.5. The molecule has 0 N–H and O–H groups in total. The van der Waals surface area contributed by atoms with Gasteiger partial charge in [-0.15, -0.1) is 0 Å². The number of aryl methyl sites for hydroxylation is 1. The molecule has 0 bridgehead atoms. The van der Waals surface area contributed by atoms with Crippen molar-refractivity contribution in [1.82, 2.24) is 4.90 Å². The fraction of sp³-hybridized carbons (Fsp3) is 0.185. The summed E-state index contributed by atoms with van der Waals surface area (Å²) >= 11 is 12.5. The predicted molar refractivity (Wildman–Crippen MR) is 131 cm³/mol. The first-order valence-corrected chi connectivity index (χ1v) is 11.5. The van der Waals surface area contributed by atoms with E-state index in [0.717, 1.165) is 16.5 Å². The number of allylic oxidation sites excluding steroid dienone is 1.